The van der Waals surface area contributed by atoms with Crippen molar-refractivity contribution < 1.29 is 0 Å². The van der Waals surface area contributed by atoms with Crippen LogP contribution in [0, 0.1) is 13.8 Å². The van der Waals surface area contributed by atoms with Gasteiger partial charge in [0.2, 0.25) is 5.95 Å². The van der Waals surface area contributed by atoms with E-state index in [-0.39, 0.29) is 0 Å². The third-order valence-electron chi connectivity index (χ3n) is 3.37. The van der Waals surface area contributed by atoms with Gasteiger partial charge in [0.25, 0.3) is 0 Å². The highest BCUT2D eigenvalue weighted by Crippen LogP contribution is 2.25. The Labute approximate surface area is 124 Å². The number of nitrogens with zero attached hydrogens (tertiary/aromatic N) is 2. The van der Waals surface area contributed by atoms with Gasteiger partial charge in [0.15, 0.2) is 0 Å². The Bertz CT molecular complexity index is 730. The van der Waals surface area contributed by atoms with Crippen LogP contribution >= 0.6 is 0 Å². The van der Waals surface area contributed by atoms with E-state index in [2.05, 4.69) is 48.1 Å². The highest BCUT2D eigenvalue weighted by molar-refractivity contribution is 5.69. The molecular formula is C18H17N3. The number of hydrogen-bond donors (Lipinski definition) is 1. The van der Waals surface area contributed by atoms with Crippen molar-refractivity contribution in [3.05, 3.63) is 65.7 Å². The van der Waals surface area contributed by atoms with Crippen molar-refractivity contribution in [1.29, 1.82) is 0 Å². The van der Waals surface area contributed by atoms with Crippen LogP contribution in [0.3, 0.4) is 0 Å². The Hall–Kier alpha value is -2.68. The third-order valence-corrected chi connectivity index (χ3v) is 3.37. The zero-order chi connectivity index (χ0) is 14.8. The summed E-state index contributed by atoms with van der Waals surface area (Å²) < 4.78 is 0. The molecule has 0 amide bonds. The first kappa shape index (κ1) is 13.3. The molecule has 0 saturated carbocycles. The zero-order valence-electron chi connectivity index (χ0n) is 12.2. The number of aryl methyl sites for hydroxylation is 2. The van der Waals surface area contributed by atoms with Crippen LogP contribution in [-0.2, 0) is 0 Å². The Morgan fingerprint density at radius 1 is 0.714 bits per heavy atom. The molecule has 0 aliphatic carbocycles. The molecule has 0 spiro atoms. The number of anilines is 1. The van der Waals surface area contributed by atoms with Crippen LogP contribution in [-0.4, -0.2) is 9.97 Å². The van der Waals surface area contributed by atoms with E-state index in [1.54, 1.807) is 0 Å². The van der Waals surface area contributed by atoms with Gasteiger partial charge in [0.1, 0.15) is 0 Å². The SMILES string of the molecule is Cc1cccc(-c2cc(-c3cccc(C)c3)nc(N)n2)c1. The van der Waals surface area contributed by atoms with Gasteiger partial charge < -0.3 is 5.73 Å². The van der Waals surface area contributed by atoms with Crippen LogP contribution in [0.2, 0.25) is 0 Å². The van der Waals surface area contributed by atoms with Crippen molar-refractivity contribution in [2.75, 3.05) is 5.73 Å². The molecule has 0 aliphatic rings. The van der Waals surface area contributed by atoms with Crippen molar-refractivity contribution in [3.63, 3.8) is 0 Å². The summed E-state index contributed by atoms with van der Waals surface area (Å²) in [5.74, 6) is 0.297. The van der Waals surface area contributed by atoms with Gasteiger partial charge in [0, 0.05) is 11.1 Å². The minimum Gasteiger partial charge on any atom is -0.368 e. The minimum atomic E-state index is 0.297. The van der Waals surface area contributed by atoms with Gasteiger partial charge >= 0.3 is 0 Å². The summed E-state index contributed by atoms with van der Waals surface area (Å²) in [4.78, 5) is 8.72. The molecule has 21 heavy (non-hydrogen) atoms. The smallest absolute Gasteiger partial charge is 0.221 e. The maximum Gasteiger partial charge on any atom is 0.221 e. The quantitative estimate of drug-likeness (QED) is 0.768. The second kappa shape index (κ2) is 5.37. The average Bonchev–Trinajstić information content (AvgIpc) is 2.46. The monoisotopic (exact) mass is 275 g/mol. The highest BCUT2D eigenvalue weighted by Gasteiger charge is 2.07. The van der Waals surface area contributed by atoms with Gasteiger partial charge in [-0.25, -0.2) is 9.97 Å². The first-order chi connectivity index (χ1) is 10.1. The van der Waals surface area contributed by atoms with E-state index < -0.39 is 0 Å². The fourth-order valence-corrected chi connectivity index (χ4v) is 2.37. The third kappa shape index (κ3) is 2.92. The van der Waals surface area contributed by atoms with E-state index in [0.717, 1.165) is 22.5 Å². The van der Waals surface area contributed by atoms with Crippen LogP contribution in [0.15, 0.2) is 54.6 Å². The lowest BCUT2D eigenvalue weighted by Gasteiger charge is -2.07. The van der Waals surface area contributed by atoms with Crippen molar-refractivity contribution >= 4 is 5.95 Å². The number of aromatic nitrogens is 2. The van der Waals surface area contributed by atoms with Crippen LogP contribution < -0.4 is 5.73 Å². The van der Waals surface area contributed by atoms with E-state index >= 15 is 0 Å². The minimum absolute atomic E-state index is 0.297. The molecular weight excluding hydrogens is 258 g/mol. The molecule has 0 radical (unpaired) electrons. The van der Waals surface area contributed by atoms with Gasteiger partial charge in [-0.3, -0.25) is 0 Å². The molecule has 3 rings (SSSR count). The van der Waals surface area contributed by atoms with Gasteiger partial charge in [-0.15, -0.1) is 0 Å². The molecule has 104 valence electrons. The standard InChI is InChI=1S/C18H17N3/c1-12-5-3-7-14(9-12)16-11-17(21-18(19)20-16)15-8-4-6-13(2)10-15/h3-11H,1-2H3,(H2,19,20,21). The van der Waals surface area contributed by atoms with E-state index in [1.165, 1.54) is 11.1 Å². The second-order valence-corrected chi connectivity index (χ2v) is 5.24. The summed E-state index contributed by atoms with van der Waals surface area (Å²) >= 11 is 0. The number of nitrogen functional groups attached to an aromatic ring is 1. The van der Waals surface area contributed by atoms with Crippen LogP contribution in [0.5, 0.6) is 0 Å². The highest BCUT2D eigenvalue weighted by atomic mass is 15.0. The molecule has 3 heteroatoms. The second-order valence-electron chi connectivity index (χ2n) is 5.24. The van der Waals surface area contributed by atoms with Gasteiger partial charge in [-0.2, -0.15) is 0 Å². The molecule has 3 aromatic rings. The van der Waals surface area contributed by atoms with Gasteiger partial charge in [-0.1, -0.05) is 47.5 Å². The molecule has 0 bridgehead atoms. The lowest BCUT2D eigenvalue weighted by atomic mass is 10.0. The predicted octanol–water partition coefficient (Wildman–Crippen LogP) is 4.01. The first-order valence-electron chi connectivity index (χ1n) is 6.90. The van der Waals surface area contributed by atoms with Gasteiger partial charge in [-0.05, 0) is 32.0 Å². The molecule has 0 unspecified atom stereocenters. The fraction of sp³-hybridized carbons (Fsp3) is 0.111. The topological polar surface area (TPSA) is 51.8 Å². The van der Waals surface area contributed by atoms with E-state index in [1.807, 2.05) is 30.3 Å². The van der Waals surface area contributed by atoms with Crippen molar-refractivity contribution in [3.8, 4) is 22.5 Å². The summed E-state index contributed by atoms with van der Waals surface area (Å²) in [5, 5.41) is 0. The lowest BCUT2D eigenvalue weighted by molar-refractivity contribution is 1.19. The zero-order valence-corrected chi connectivity index (χ0v) is 12.2. The van der Waals surface area contributed by atoms with E-state index in [9.17, 15) is 0 Å². The maximum absolute atomic E-state index is 5.89. The predicted molar refractivity (Wildman–Crippen MR) is 86.8 cm³/mol. The van der Waals surface area contributed by atoms with Crippen molar-refractivity contribution in [1.82, 2.24) is 9.97 Å². The Morgan fingerprint density at radius 2 is 1.19 bits per heavy atom. The molecule has 0 aliphatic heterocycles. The normalized spacial score (nSPS) is 10.6. The van der Waals surface area contributed by atoms with E-state index in [4.69, 9.17) is 5.73 Å². The van der Waals surface area contributed by atoms with E-state index in [0.29, 0.717) is 5.95 Å². The summed E-state index contributed by atoms with van der Waals surface area (Å²) in [6, 6.07) is 18.4. The van der Waals surface area contributed by atoms with Crippen LogP contribution in [0.4, 0.5) is 5.95 Å². The number of rotatable bonds is 2. The molecule has 3 nitrogen and oxygen atoms in total. The number of hydrogen-bond acceptors (Lipinski definition) is 3. The largest absolute Gasteiger partial charge is 0.368 e. The molecule has 1 heterocycles. The summed E-state index contributed by atoms with van der Waals surface area (Å²) in [5.41, 5.74) is 12.1. The molecule has 1 aromatic heterocycles. The Morgan fingerprint density at radius 3 is 1.62 bits per heavy atom. The molecule has 0 atom stereocenters. The Kier molecular flexibility index (Phi) is 3.40. The summed E-state index contributed by atoms with van der Waals surface area (Å²) in [7, 11) is 0. The molecule has 0 fully saturated rings. The number of benzene rings is 2. The number of nitrogens with two attached hydrogens (primary N) is 1. The molecule has 2 aromatic carbocycles. The fourth-order valence-electron chi connectivity index (χ4n) is 2.37. The van der Waals surface area contributed by atoms with Crippen molar-refractivity contribution in [2.45, 2.75) is 13.8 Å². The molecule has 2 N–H and O–H groups in total. The first-order valence-corrected chi connectivity index (χ1v) is 6.90. The lowest BCUT2D eigenvalue weighted by Crippen LogP contribution is -1.98. The van der Waals surface area contributed by atoms with Gasteiger partial charge in [0.05, 0.1) is 11.4 Å². The van der Waals surface area contributed by atoms with Crippen molar-refractivity contribution in [2.24, 2.45) is 0 Å². The summed E-state index contributed by atoms with van der Waals surface area (Å²) in [6.07, 6.45) is 0. The van der Waals surface area contributed by atoms with Crippen LogP contribution in [0.25, 0.3) is 22.5 Å². The average molecular weight is 275 g/mol. The maximum atomic E-state index is 5.89. The summed E-state index contributed by atoms with van der Waals surface area (Å²) in [6.45, 7) is 4.13. The van der Waals surface area contributed by atoms with Crippen LogP contribution in [0.1, 0.15) is 11.1 Å². The molecule has 0 saturated heterocycles. The Balaban J connectivity index is 2.12.